The van der Waals surface area contributed by atoms with Crippen molar-refractivity contribution < 1.29 is 14.3 Å². The van der Waals surface area contributed by atoms with Gasteiger partial charge in [0, 0.05) is 6.42 Å². The van der Waals surface area contributed by atoms with E-state index in [2.05, 4.69) is 17.0 Å². The molecule has 0 radical (unpaired) electrons. The van der Waals surface area contributed by atoms with Crippen molar-refractivity contribution in [2.24, 2.45) is 0 Å². The number of cyclic esters (lactones) is 2. The lowest BCUT2D eigenvalue weighted by Crippen LogP contribution is -2.43. The molecule has 0 unspecified atom stereocenters. The molecule has 0 spiro atoms. The Bertz CT molecular complexity index is 240. The molecule has 0 aromatic carbocycles. The van der Waals surface area contributed by atoms with Gasteiger partial charge in [-0.05, 0) is 19.4 Å². The van der Waals surface area contributed by atoms with Gasteiger partial charge in [-0.2, -0.15) is 0 Å². The average Bonchev–Trinajstić information content (AvgIpc) is 2.26. The van der Waals surface area contributed by atoms with Crippen LogP contribution in [0.5, 0.6) is 0 Å². The molecule has 0 aromatic rings. The molecule has 4 heteroatoms. The Balaban J connectivity index is 2.04. The number of carbonyl (C=O) groups is 2. The van der Waals surface area contributed by atoms with E-state index in [1.165, 1.54) is 25.7 Å². The molecule has 0 saturated carbocycles. The number of ether oxygens (including phenoxy) is 1. The second-order valence-corrected chi connectivity index (χ2v) is 4.25. The Hall–Kier alpha value is -0.900. The smallest absolute Gasteiger partial charge is 0.330 e. The standard InChI is InChI=1S/C12H21NO3/c1-2-3-4-5-6-9-13-10-7-8-11(14)16-12(10)15/h10,13H,2-9H2,1H3/t10-/m0/s1. The molecule has 0 amide bonds. The van der Waals surface area contributed by atoms with Crippen molar-refractivity contribution in [3.63, 3.8) is 0 Å². The monoisotopic (exact) mass is 227 g/mol. The number of nitrogens with one attached hydrogen (secondary N) is 1. The molecule has 1 fully saturated rings. The molecule has 1 atom stereocenters. The summed E-state index contributed by atoms with van der Waals surface area (Å²) in [7, 11) is 0. The van der Waals surface area contributed by atoms with Gasteiger partial charge in [0.15, 0.2) is 0 Å². The highest BCUT2D eigenvalue weighted by Crippen LogP contribution is 2.09. The van der Waals surface area contributed by atoms with Crippen molar-refractivity contribution in [2.75, 3.05) is 6.54 Å². The van der Waals surface area contributed by atoms with Crippen LogP contribution < -0.4 is 5.32 Å². The van der Waals surface area contributed by atoms with Crippen LogP contribution in [0.2, 0.25) is 0 Å². The minimum absolute atomic E-state index is 0.274. The number of carbonyl (C=O) groups excluding carboxylic acids is 2. The first-order valence-corrected chi connectivity index (χ1v) is 6.22. The van der Waals surface area contributed by atoms with Crippen LogP contribution in [-0.2, 0) is 14.3 Å². The van der Waals surface area contributed by atoms with Crippen molar-refractivity contribution in [3.05, 3.63) is 0 Å². The number of rotatable bonds is 7. The zero-order chi connectivity index (χ0) is 11.8. The van der Waals surface area contributed by atoms with Crippen molar-refractivity contribution in [3.8, 4) is 0 Å². The summed E-state index contributed by atoms with van der Waals surface area (Å²) in [6.07, 6.45) is 6.97. The quantitative estimate of drug-likeness (QED) is 0.409. The fraction of sp³-hybridized carbons (Fsp3) is 0.833. The minimum Gasteiger partial charge on any atom is -0.392 e. The zero-order valence-corrected chi connectivity index (χ0v) is 9.96. The molecule has 1 heterocycles. The molecule has 0 aliphatic carbocycles. The lowest BCUT2D eigenvalue weighted by atomic mass is 10.1. The van der Waals surface area contributed by atoms with Gasteiger partial charge in [0.05, 0.1) is 0 Å². The van der Waals surface area contributed by atoms with Gasteiger partial charge in [-0.15, -0.1) is 0 Å². The number of esters is 2. The van der Waals surface area contributed by atoms with Crippen LogP contribution in [-0.4, -0.2) is 24.5 Å². The summed E-state index contributed by atoms with van der Waals surface area (Å²) in [6, 6.07) is -0.274. The highest BCUT2D eigenvalue weighted by Gasteiger charge is 2.27. The molecular formula is C12H21NO3. The van der Waals surface area contributed by atoms with Crippen LogP contribution in [0, 0.1) is 0 Å². The van der Waals surface area contributed by atoms with Gasteiger partial charge >= 0.3 is 11.9 Å². The van der Waals surface area contributed by atoms with Crippen molar-refractivity contribution in [1.82, 2.24) is 5.32 Å². The maximum absolute atomic E-state index is 11.3. The lowest BCUT2D eigenvalue weighted by Gasteiger charge is -2.20. The van der Waals surface area contributed by atoms with E-state index in [-0.39, 0.29) is 6.04 Å². The normalized spacial score (nSPS) is 20.9. The van der Waals surface area contributed by atoms with E-state index in [1.807, 2.05) is 0 Å². The number of unbranched alkanes of at least 4 members (excludes halogenated alkanes) is 4. The first kappa shape index (κ1) is 13.2. The predicted molar refractivity (Wildman–Crippen MR) is 60.9 cm³/mol. The molecule has 1 aliphatic rings. The Morgan fingerprint density at radius 1 is 1.25 bits per heavy atom. The molecule has 1 N–H and O–H groups in total. The molecule has 4 nitrogen and oxygen atoms in total. The van der Waals surface area contributed by atoms with Crippen LogP contribution in [0.25, 0.3) is 0 Å². The third kappa shape index (κ3) is 4.75. The fourth-order valence-electron chi connectivity index (χ4n) is 1.80. The molecule has 92 valence electrons. The van der Waals surface area contributed by atoms with Gasteiger partial charge in [-0.3, -0.25) is 4.79 Å². The summed E-state index contributed by atoms with van der Waals surface area (Å²) in [6.45, 7) is 3.02. The zero-order valence-electron chi connectivity index (χ0n) is 9.96. The van der Waals surface area contributed by atoms with Gasteiger partial charge in [0.25, 0.3) is 0 Å². The summed E-state index contributed by atoms with van der Waals surface area (Å²) in [5.74, 6) is -0.809. The lowest BCUT2D eigenvalue weighted by molar-refractivity contribution is -0.165. The number of hydrogen-bond donors (Lipinski definition) is 1. The van der Waals surface area contributed by atoms with Gasteiger partial charge in [0.1, 0.15) is 6.04 Å². The molecule has 1 saturated heterocycles. The third-order valence-corrected chi connectivity index (χ3v) is 2.81. The van der Waals surface area contributed by atoms with E-state index in [0.717, 1.165) is 13.0 Å². The van der Waals surface area contributed by atoms with Crippen LogP contribution in [0.1, 0.15) is 51.9 Å². The second-order valence-electron chi connectivity index (χ2n) is 4.25. The van der Waals surface area contributed by atoms with Crippen LogP contribution in [0.15, 0.2) is 0 Å². The maximum atomic E-state index is 11.3. The van der Waals surface area contributed by atoms with Crippen LogP contribution in [0.4, 0.5) is 0 Å². The van der Waals surface area contributed by atoms with Crippen molar-refractivity contribution >= 4 is 11.9 Å². The summed E-state index contributed by atoms with van der Waals surface area (Å²) in [5, 5.41) is 3.14. The molecule has 1 aliphatic heterocycles. The van der Waals surface area contributed by atoms with Crippen LogP contribution >= 0.6 is 0 Å². The highest BCUT2D eigenvalue weighted by atomic mass is 16.6. The van der Waals surface area contributed by atoms with Gasteiger partial charge in [-0.1, -0.05) is 32.6 Å². The molecule has 0 aromatic heterocycles. The average molecular weight is 227 g/mol. The molecule has 16 heavy (non-hydrogen) atoms. The summed E-state index contributed by atoms with van der Waals surface area (Å²) >= 11 is 0. The van der Waals surface area contributed by atoms with Gasteiger partial charge in [-0.25, -0.2) is 4.79 Å². The van der Waals surface area contributed by atoms with Gasteiger partial charge < -0.3 is 10.1 Å². The van der Waals surface area contributed by atoms with Gasteiger partial charge in [0.2, 0.25) is 0 Å². The SMILES string of the molecule is CCCCCCCN[C@H]1CCC(=O)OC1=O. The Kier molecular flexibility index (Phi) is 6.08. The molecule has 1 rings (SSSR count). The third-order valence-electron chi connectivity index (χ3n) is 2.81. The van der Waals surface area contributed by atoms with E-state index < -0.39 is 11.9 Å². The summed E-state index contributed by atoms with van der Waals surface area (Å²) in [4.78, 5) is 22.1. The first-order chi connectivity index (χ1) is 7.74. The van der Waals surface area contributed by atoms with Crippen molar-refractivity contribution in [1.29, 1.82) is 0 Å². The van der Waals surface area contributed by atoms with Crippen LogP contribution in [0.3, 0.4) is 0 Å². The van der Waals surface area contributed by atoms with E-state index in [0.29, 0.717) is 12.8 Å². The topological polar surface area (TPSA) is 55.4 Å². The highest BCUT2D eigenvalue weighted by molar-refractivity contribution is 5.91. The number of hydrogen-bond acceptors (Lipinski definition) is 4. The Morgan fingerprint density at radius 3 is 2.69 bits per heavy atom. The fourth-order valence-corrected chi connectivity index (χ4v) is 1.80. The molecule has 0 bridgehead atoms. The second kappa shape index (κ2) is 7.39. The Labute approximate surface area is 96.7 Å². The summed E-state index contributed by atoms with van der Waals surface area (Å²) < 4.78 is 4.55. The summed E-state index contributed by atoms with van der Waals surface area (Å²) in [5.41, 5.74) is 0. The minimum atomic E-state index is -0.412. The van der Waals surface area contributed by atoms with E-state index >= 15 is 0 Å². The first-order valence-electron chi connectivity index (χ1n) is 6.22. The predicted octanol–water partition coefficient (Wildman–Crippen LogP) is 1.78. The Morgan fingerprint density at radius 2 is 2.00 bits per heavy atom. The van der Waals surface area contributed by atoms with Crippen molar-refractivity contribution in [2.45, 2.75) is 57.9 Å². The van der Waals surface area contributed by atoms with E-state index in [9.17, 15) is 9.59 Å². The van der Waals surface area contributed by atoms with E-state index in [4.69, 9.17) is 0 Å². The largest absolute Gasteiger partial charge is 0.392 e. The van der Waals surface area contributed by atoms with E-state index in [1.54, 1.807) is 0 Å². The molecular weight excluding hydrogens is 206 g/mol. The maximum Gasteiger partial charge on any atom is 0.330 e.